The Morgan fingerprint density at radius 3 is 2.35 bits per heavy atom. The number of amides is 1. The van der Waals surface area contributed by atoms with Gasteiger partial charge >= 0.3 is 0 Å². The molecule has 0 unspecified atom stereocenters. The summed E-state index contributed by atoms with van der Waals surface area (Å²) in [6.07, 6.45) is 1.65. The van der Waals surface area contributed by atoms with Gasteiger partial charge in [-0.25, -0.2) is 21.6 Å². The van der Waals surface area contributed by atoms with Crippen molar-refractivity contribution < 1.29 is 31.5 Å². The van der Waals surface area contributed by atoms with Gasteiger partial charge in [0.2, 0.25) is 10.0 Å². The van der Waals surface area contributed by atoms with Crippen LogP contribution in [0.25, 0.3) is 0 Å². The highest BCUT2D eigenvalue weighted by Gasteiger charge is 2.38. The molecule has 0 aromatic heterocycles. The van der Waals surface area contributed by atoms with Gasteiger partial charge in [-0.1, -0.05) is 0 Å². The van der Waals surface area contributed by atoms with Gasteiger partial charge in [0.25, 0.3) is 5.91 Å². The first kappa shape index (κ1) is 21.6. The molecule has 1 saturated carbocycles. The van der Waals surface area contributed by atoms with Crippen LogP contribution in [0.2, 0.25) is 0 Å². The third kappa shape index (κ3) is 4.12. The van der Waals surface area contributed by atoms with Crippen molar-refractivity contribution in [2.75, 3.05) is 17.3 Å². The highest BCUT2D eigenvalue weighted by atomic mass is 32.2. The number of carbonyl (C=O) groups is 1. The number of sulfonamides is 1. The van der Waals surface area contributed by atoms with Crippen LogP contribution >= 0.6 is 0 Å². The lowest BCUT2D eigenvalue weighted by Crippen LogP contribution is -2.48. The van der Waals surface area contributed by atoms with E-state index in [-0.39, 0.29) is 28.9 Å². The Balaban J connectivity index is 1.59. The minimum Gasteiger partial charge on any atom is -0.393 e. The van der Waals surface area contributed by atoms with E-state index in [9.17, 15) is 31.5 Å². The minimum absolute atomic E-state index is 0.0461. The van der Waals surface area contributed by atoms with Gasteiger partial charge in [-0.3, -0.25) is 4.79 Å². The van der Waals surface area contributed by atoms with Gasteiger partial charge < -0.3 is 15.7 Å². The van der Waals surface area contributed by atoms with Gasteiger partial charge in [-0.05, 0) is 43.9 Å². The number of nitrogens with zero attached hydrogens (tertiary/aromatic N) is 1. The highest BCUT2D eigenvalue weighted by molar-refractivity contribution is 7.89. The van der Waals surface area contributed by atoms with Gasteiger partial charge in [-0.2, -0.15) is 4.31 Å². The Labute approximate surface area is 176 Å². The Morgan fingerprint density at radius 2 is 1.71 bits per heavy atom. The second-order valence-electron chi connectivity index (χ2n) is 7.61. The normalized spacial score (nSPS) is 23.0. The molecule has 2 aromatic carbocycles. The maximum atomic E-state index is 13.4. The molecule has 0 atom stereocenters. The molecule has 11 heteroatoms. The van der Waals surface area contributed by atoms with Gasteiger partial charge in [0.05, 0.1) is 18.5 Å². The molecule has 2 aromatic rings. The first-order valence-corrected chi connectivity index (χ1v) is 11.1. The predicted molar refractivity (Wildman–Crippen MR) is 106 cm³/mol. The fourth-order valence-electron chi connectivity index (χ4n) is 3.90. The number of nitrogens with one attached hydrogen (secondary N) is 2. The lowest BCUT2D eigenvalue weighted by Gasteiger charge is -2.38. The van der Waals surface area contributed by atoms with Crippen LogP contribution in [0.4, 0.5) is 24.5 Å². The van der Waals surface area contributed by atoms with Crippen LogP contribution in [0.15, 0.2) is 35.2 Å². The molecule has 31 heavy (non-hydrogen) atoms. The number of rotatable bonds is 3. The summed E-state index contributed by atoms with van der Waals surface area (Å²) in [7, 11) is -3.91. The fourth-order valence-corrected chi connectivity index (χ4v) is 5.68. The maximum Gasteiger partial charge on any atom is 0.255 e. The Morgan fingerprint density at radius 1 is 1.06 bits per heavy atom. The first-order valence-electron chi connectivity index (χ1n) is 9.70. The molecule has 166 valence electrons. The van der Waals surface area contributed by atoms with Crippen molar-refractivity contribution in [3.63, 3.8) is 0 Å². The molecule has 1 aliphatic heterocycles. The van der Waals surface area contributed by atoms with Crippen molar-refractivity contribution in [3.05, 3.63) is 53.3 Å². The summed E-state index contributed by atoms with van der Waals surface area (Å²) < 4.78 is 67.6. The van der Waals surface area contributed by atoms with Crippen molar-refractivity contribution >= 4 is 27.3 Å². The number of anilines is 2. The minimum atomic E-state index is -3.91. The van der Waals surface area contributed by atoms with Gasteiger partial charge in [-0.15, -0.1) is 0 Å². The Kier molecular flexibility index (Phi) is 5.67. The lowest BCUT2D eigenvalue weighted by atomic mass is 9.93. The van der Waals surface area contributed by atoms with E-state index in [1.54, 1.807) is 0 Å². The summed E-state index contributed by atoms with van der Waals surface area (Å²) in [6, 6.07) is 5.00. The van der Waals surface area contributed by atoms with Crippen LogP contribution in [0, 0.1) is 17.5 Å². The molecule has 4 rings (SSSR count). The van der Waals surface area contributed by atoms with Crippen LogP contribution in [-0.4, -0.2) is 42.6 Å². The van der Waals surface area contributed by atoms with Crippen molar-refractivity contribution in [1.29, 1.82) is 0 Å². The molecule has 1 amide bonds. The standard InChI is InChI=1S/C20H20F3N3O4S/c21-15-8-12(9-16(22)19(15)23)25-20(28)11-1-6-17-18(7-11)31(29,30)26(10-24-17)13-2-4-14(27)5-3-13/h1,6-9,13-14,24,27H,2-5,10H2,(H,25,28)/t13-,14-. The van der Waals surface area contributed by atoms with E-state index in [1.807, 2.05) is 0 Å². The topological polar surface area (TPSA) is 98.7 Å². The molecule has 1 heterocycles. The summed E-state index contributed by atoms with van der Waals surface area (Å²) >= 11 is 0. The quantitative estimate of drug-likeness (QED) is 0.618. The van der Waals surface area contributed by atoms with Crippen molar-refractivity contribution in [2.24, 2.45) is 0 Å². The molecule has 0 bridgehead atoms. The maximum absolute atomic E-state index is 13.4. The molecule has 7 nitrogen and oxygen atoms in total. The first-order chi connectivity index (χ1) is 14.7. The van der Waals surface area contributed by atoms with E-state index in [2.05, 4.69) is 10.6 Å². The summed E-state index contributed by atoms with van der Waals surface area (Å²) in [4.78, 5) is 12.4. The summed E-state index contributed by atoms with van der Waals surface area (Å²) in [5.74, 6) is -5.37. The van der Waals surface area contributed by atoms with Crippen LogP contribution in [0.5, 0.6) is 0 Å². The summed E-state index contributed by atoms with van der Waals surface area (Å²) in [5, 5.41) is 14.9. The number of aliphatic hydroxyl groups is 1. The zero-order valence-electron chi connectivity index (χ0n) is 16.2. The highest BCUT2D eigenvalue weighted by Crippen LogP contribution is 2.35. The van der Waals surface area contributed by atoms with Gasteiger partial charge in [0, 0.05) is 29.4 Å². The third-order valence-corrected chi connectivity index (χ3v) is 7.51. The molecule has 1 aliphatic carbocycles. The average Bonchev–Trinajstić information content (AvgIpc) is 2.72. The van der Waals surface area contributed by atoms with E-state index in [0.29, 0.717) is 43.5 Å². The zero-order chi connectivity index (χ0) is 22.3. The van der Waals surface area contributed by atoms with Crippen LogP contribution in [0.1, 0.15) is 36.0 Å². The van der Waals surface area contributed by atoms with Gasteiger partial charge in [0.1, 0.15) is 4.90 Å². The van der Waals surface area contributed by atoms with E-state index in [4.69, 9.17) is 0 Å². The largest absolute Gasteiger partial charge is 0.393 e. The lowest BCUT2D eigenvalue weighted by molar-refractivity contribution is 0.100. The van der Waals surface area contributed by atoms with Crippen molar-refractivity contribution in [3.8, 4) is 0 Å². The number of carbonyl (C=O) groups excluding carboxylic acids is 1. The van der Waals surface area contributed by atoms with E-state index in [1.165, 1.54) is 22.5 Å². The monoisotopic (exact) mass is 455 g/mol. The molecular weight excluding hydrogens is 435 g/mol. The smallest absolute Gasteiger partial charge is 0.255 e. The second-order valence-corrected chi connectivity index (χ2v) is 9.47. The number of halogens is 3. The van der Waals surface area contributed by atoms with Gasteiger partial charge in [0.15, 0.2) is 17.5 Å². The molecule has 0 spiro atoms. The molecule has 3 N–H and O–H groups in total. The summed E-state index contributed by atoms with van der Waals surface area (Å²) in [6.45, 7) is 0.0791. The summed E-state index contributed by atoms with van der Waals surface area (Å²) in [5.41, 5.74) is -0.0137. The molecule has 0 saturated heterocycles. The average molecular weight is 455 g/mol. The van der Waals surface area contributed by atoms with Crippen LogP contribution in [-0.2, 0) is 10.0 Å². The zero-order valence-corrected chi connectivity index (χ0v) is 17.1. The van der Waals surface area contributed by atoms with E-state index in [0.717, 1.165) is 0 Å². The van der Waals surface area contributed by atoms with Crippen molar-refractivity contribution in [1.82, 2.24) is 4.31 Å². The van der Waals surface area contributed by atoms with E-state index < -0.39 is 39.5 Å². The number of hydrogen-bond acceptors (Lipinski definition) is 5. The molecule has 0 radical (unpaired) electrons. The molecule has 2 aliphatic rings. The van der Waals surface area contributed by atoms with Crippen molar-refractivity contribution in [2.45, 2.75) is 42.7 Å². The van der Waals surface area contributed by atoms with Crippen LogP contribution < -0.4 is 10.6 Å². The SMILES string of the molecule is O=C(Nc1cc(F)c(F)c(F)c1)c1ccc2c(c1)S(=O)(=O)N([C@H]1CC[C@H](O)CC1)CN2. The van der Waals surface area contributed by atoms with E-state index >= 15 is 0 Å². The van der Waals surface area contributed by atoms with Crippen LogP contribution in [0.3, 0.4) is 0 Å². The number of aliphatic hydroxyl groups excluding tert-OH is 1. The molecular formula is C20H20F3N3O4S. The second kappa shape index (κ2) is 8.13. The predicted octanol–water partition coefficient (Wildman–Crippen LogP) is 3.03. The Hall–Kier alpha value is -2.63. The molecule has 1 fully saturated rings. The third-order valence-electron chi connectivity index (χ3n) is 5.57. The number of hydrogen-bond donors (Lipinski definition) is 3. The Bertz CT molecular complexity index is 1110. The number of fused-ring (bicyclic) bond motifs is 1. The fraction of sp³-hybridized carbons (Fsp3) is 0.350. The number of benzene rings is 2.